The van der Waals surface area contributed by atoms with E-state index in [9.17, 15) is 14.7 Å². The Labute approximate surface area is 153 Å². The number of carbonyl (C=O) groups is 2. The van der Waals surface area contributed by atoms with Gasteiger partial charge in [0.1, 0.15) is 18.8 Å². The van der Waals surface area contributed by atoms with Gasteiger partial charge in [0.2, 0.25) is 0 Å². The van der Waals surface area contributed by atoms with E-state index in [-0.39, 0.29) is 22.8 Å². The molecule has 0 spiro atoms. The third-order valence-electron chi connectivity index (χ3n) is 5.08. The summed E-state index contributed by atoms with van der Waals surface area (Å²) in [5.74, 6) is -0.157. The maximum atomic E-state index is 12.2. The van der Waals surface area contributed by atoms with E-state index < -0.39 is 6.10 Å². The fraction of sp³-hybridized carbons (Fsp3) is 0.810. The normalized spacial score (nSPS) is 18.4. The average Bonchev–Trinajstić information content (AvgIpc) is 2.84. The number of likely N-dealkylation sites (tertiary alicyclic amines) is 1. The molecule has 1 fully saturated rings. The fourth-order valence-corrected chi connectivity index (χ4v) is 3.60. The first-order chi connectivity index (χ1) is 12.0. The number of amides is 2. The van der Waals surface area contributed by atoms with Gasteiger partial charge in [0.25, 0.3) is 0 Å². The third kappa shape index (κ3) is 7.83. The van der Waals surface area contributed by atoms with Crippen molar-refractivity contribution in [3.8, 4) is 0 Å². The number of carbonyl (C=O) groups excluding carboxylic acids is 2. The smallest absolute Gasteiger partial charge is 0.326 e. The lowest BCUT2D eigenvalue weighted by Crippen LogP contribution is -2.51. The van der Waals surface area contributed by atoms with Crippen LogP contribution in [0.5, 0.6) is 0 Å². The molecular formula is C21H38NO3+. The summed E-state index contributed by atoms with van der Waals surface area (Å²) in [5.41, 5.74) is 0. The van der Waals surface area contributed by atoms with E-state index in [1.54, 1.807) is 13.1 Å². The van der Waals surface area contributed by atoms with Crippen LogP contribution < -0.4 is 0 Å². The maximum absolute atomic E-state index is 12.2. The van der Waals surface area contributed by atoms with Gasteiger partial charge in [-0.15, -0.1) is 0 Å². The highest BCUT2D eigenvalue weighted by Crippen LogP contribution is 2.25. The Kier molecular flexibility index (Phi) is 10.9. The summed E-state index contributed by atoms with van der Waals surface area (Å²) in [5, 5.41) is 9.65. The van der Waals surface area contributed by atoms with Gasteiger partial charge in [0, 0.05) is 0 Å². The second kappa shape index (κ2) is 12.4. The molecule has 4 heteroatoms. The molecule has 0 bridgehead atoms. The summed E-state index contributed by atoms with van der Waals surface area (Å²) < 4.78 is -0.282. The van der Waals surface area contributed by atoms with Crippen molar-refractivity contribution in [2.75, 3.05) is 6.54 Å². The van der Waals surface area contributed by atoms with Crippen LogP contribution in [0.3, 0.4) is 0 Å². The minimum Gasteiger partial charge on any atom is -0.387 e. The summed E-state index contributed by atoms with van der Waals surface area (Å²) in [4.78, 5) is 24.3. The fourth-order valence-electron chi connectivity index (χ4n) is 3.60. The third-order valence-corrected chi connectivity index (χ3v) is 5.08. The lowest BCUT2D eigenvalue weighted by molar-refractivity contribution is -0.723. The standard InChI is InChI=1S/C21H38NO3/c1-3-4-5-6-7-8-9-10-11-12-13-14-17-22(18-19(2)23)20(24)15-16-21(22)25/h14,17,19,23H,3-13,15-16,18H2,1-2H3/q+1. The van der Waals surface area contributed by atoms with Crippen LogP contribution in [0.2, 0.25) is 0 Å². The van der Waals surface area contributed by atoms with Crippen LogP contribution in [-0.2, 0) is 9.59 Å². The number of imide groups is 1. The molecule has 0 radical (unpaired) electrons. The van der Waals surface area contributed by atoms with E-state index in [1.165, 1.54) is 57.8 Å². The number of hydrogen-bond donors (Lipinski definition) is 1. The van der Waals surface area contributed by atoms with Gasteiger partial charge in [-0.2, -0.15) is 4.48 Å². The van der Waals surface area contributed by atoms with Gasteiger partial charge in [0.15, 0.2) is 0 Å². The molecule has 144 valence electrons. The van der Waals surface area contributed by atoms with E-state index >= 15 is 0 Å². The molecule has 1 atom stereocenters. The number of hydrogen-bond acceptors (Lipinski definition) is 3. The Hall–Kier alpha value is -1.00. The van der Waals surface area contributed by atoms with E-state index in [0.29, 0.717) is 12.8 Å². The Morgan fingerprint density at radius 1 is 0.920 bits per heavy atom. The van der Waals surface area contributed by atoms with Crippen LogP contribution in [-0.4, -0.2) is 34.1 Å². The zero-order chi connectivity index (χ0) is 18.5. The zero-order valence-corrected chi connectivity index (χ0v) is 16.3. The second-order valence-electron chi connectivity index (χ2n) is 7.54. The highest BCUT2D eigenvalue weighted by molar-refractivity contribution is 5.92. The van der Waals surface area contributed by atoms with Crippen molar-refractivity contribution >= 4 is 11.8 Å². The lowest BCUT2D eigenvalue weighted by atomic mass is 10.1. The van der Waals surface area contributed by atoms with E-state index in [2.05, 4.69) is 6.92 Å². The molecule has 0 aromatic rings. The van der Waals surface area contributed by atoms with Crippen LogP contribution in [0.4, 0.5) is 0 Å². The quantitative estimate of drug-likeness (QED) is 0.276. The minimum atomic E-state index is -0.659. The molecular weight excluding hydrogens is 314 g/mol. The van der Waals surface area contributed by atoms with Crippen molar-refractivity contribution in [1.82, 2.24) is 0 Å². The molecule has 1 unspecified atom stereocenters. The number of nitrogens with zero attached hydrogens (tertiary/aromatic N) is 1. The first-order valence-electron chi connectivity index (χ1n) is 10.3. The SMILES string of the molecule is CCCCCCCCCCCCC=C[N+]1(CC(C)O)C(=O)CCC1=O. The number of allylic oxidation sites excluding steroid dienone is 1. The Balaban J connectivity index is 2.19. The highest BCUT2D eigenvalue weighted by Gasteiger charge is 2.48. The summed E-state index contributed by atoms with van der Waals surface area (Å²) in [6, 6.07) is 0. The van der Waals surface area contributed by atoms with Gasteiger partial charge in [-0.1, -0.05) is 64.7 Å². The summed E-state index contributed by atoms with van der Waals surface area (Å²) in [6.45, 7) is 4.05. The average molecular weight is 353 g/mol. The maximum Gasteiger partial charge on any atom is 0.326 e. The molecule has 4 nitrogen and oxygen atoms in total. The second-order valence-corrected chi connectivity index (χ2v) is 7.54. The molecule has 1 N–H and O–H groups in total. The molecule has 0 aliphatic carbocycles. The van der Waals surface area contributed by atoms with Gasteiger partial charge in [-0.25, -0.2) is 9.59 Å². The summed E-state index contributed by atoms with van der Waals surface area (Å²) in [7, 11) is 0. The molecule has 1 aliphatic rings. The molecule has 1 saturated heterocycles. The van der Waals surface area contributed by atoms with Gasteiger partial charge >= 0.3 is 11.8 Å². The Bertz CT molecular complexity index is 413. The van der Waals surface area contributed by atoms with Crippen molar-refractivity contribution in [1.29, 1.82) is 0 Å². The van der Waals surface area contributed by atoms with Gasteiger partial charge in [0.05, 0.1) is 12.8 Å². The summed E-state index contributed by atoms with van der Waals surface area (Å²) in [6.07, 6.45) is 17.6. The summed E-state index contributed by atoms with van der Waals surface area (Å²) >= 11 is 0. The molecule has 1 aliphatic heterocycles. The Morgan fingerprint density at radius 2 is 1.40 bits per heavy atom. The van der Waals surface area contributed by atoms with Crippen molar-refractivity contribution in [3.05, 3.63) is 12.3 Å². The molecule has 0 saturated carbocycles. The van der Waals surface area contributed by atoms with Gasteiger partial charge < -0.3 is 5.11 Å². The molecule has 2 amide bonds. The molecule has 0 aromatic carbocycles. The molecule has 25 heavy (non-hydrogen) atoms. The van der Waals surface area contributed by atoms with Crippen LogP contribution in [0.1, 0.15) is 97.3 Å². The number of rotatable bonds is 14. The first kappa shape index (κ1) is 22.0. The molecule has 1 rings (SSSR count). The van der Waals surface area contributed by atoms with Crippen LogP contribution in [0.25, 0.3) is 0 Å². The van der Waals surface area contributed by atoms with Gasteiger partial charge in [-0.05, 0) is 25.8 Å². The predicted octanol–water partition coefficient (Wildman–Crippen LogP) is 4.86. The molecule has 1 heterocycles. The predicted molar refractivity (Wildman–Crippen MR) is 102 cm³/mol. The Morgan fingerprint density at radius 3 is 1.88 bits per heavy atom. The zero-order valence-electron chi connectivity index (χ0n) is 16.3. The van der Waals surface area contributed by atoms with Crippen LogP contribution in [0.15, 0.2) is 12.3 Å². The van der Waals surface area contributed by atoms with Crippen molar-refractivity contribution in [3.63, 3.8) is 0 Å². The number of quaternary nitrogens is 1. The number of aliphatic hydroxyl groups is 1. The highest BCUT2D eigenvalue weighted by atomic mass is 16.3. The van der Waals surface area contributed by atoms with E-state index in [0.717, 1.165) is 12.8 Å². The van der Waals surface area contributed by atoms with Gasteiger partial charge in [-0.3, -0.25) is 0 Å². The van der Waals surface area contributed by atoms with Crippen LogP contribution in [0, 0.1) is 0 Å². The van der Waals surface area contributed by atoms with Crippen LogP contribution >= 0.6 is 0 Å². The number of aliphatic hydroxyl groups excluding tert-OH is 1. The van der Waals surface area contributed by atoms with Crippen molar-refractivity contribution in [2.24, 2.45) is 0 Å². The van der Waals surface area contributed by atoms with E-state index in [4.69, 9.17) is 0 Å². The van der Waals surface area contributed by atoms with E-state index in [1.807, 2.05) is 6.08 Å². The first-order valence-corrected chi connectivity index (χ1v) is 10.3. The minimum absolute atomic E-state index is 0.0785. The lowest BCUT2D eigenvalue weighted by Gasteiger charge is -2.25. The van der Waals surface area contributed by atoms with Crippen molar-refractivity contribution < 1.29 is 19.2 Å². The largest absolute Gasteiger partial charge is 0.387 e. The number of unbranched alkanes of at least 4 members (excludes halogenated alkanes) is 10. The topological polar surface area (TPSA) is 54.4 Å². The monoisotopic (exact) mass is 352 g/mol. The molecule has 0 aromatic heterocycles. The van der Waals surface area contributed by atoms with Crippen molar-refractivity contribution in [2.45, 2.75) is 103 Å².